The fourth-order valence-electron chi connectivity index (χ4n) is 13.6. The molecule has 8 nitrogen and oxygen atoms in total. The molecular formula is C80H52B2N8. The predicted molar refractivity (Wildman–Crippen MR) is 375 cm³/mol. The second kappa shape index (κ2) is 19.8. The van der Waals surface area contributed by atoms with Gasteiger partial charge in [-0.15, -0.1) is 0 Å². The molecule has 4 aliphatic heterocycles. The van der Waals surface area contributed by atoms with Crippen molar-refractivity contribution in [2.45, 2.75) is 0 Å². The molecule has 15 aromatic rings. The number of fused-ring (bicyclic) bond motifs is 8. The van der Waals surface area contributed by atoms with Gasteiger partial charge in [0.15, 0.2) is 0 Å². The molecule has 0 radical (unpaired) electrons. The van der Waals surface area contributed by atoms with Gasteiger partial charge in [-0.3, -0.25) is 9.13 Å². The molecule has 2 aromatic heterocycles. The van der Waals surface area contributed by atoms with E-state index >= 15 is 0 Å². The molecule has 0 unspecified atom stereocenters. The smallest absolute Gasteiger partial charge is 0.252 e. The van der Waals surface area contributed by atoms with E-state index in [1.165, 1.54) is 40.1 Å². The van der Waals surface area contributed by atoms with Crippen molar-refractivity contribution < 1.29 is 41.1 Å². The summed E-state index contributed by atoms with van der Waals surface area (Å²) >= 11 is 0. The van der Waals surface area contributed by atoms with E-state index in [2.05, 4.69) is 0 Å². The van der Waals surface area contributed by atoms with Crippen LogP contribution >= 0.6 is 0 Å². The maximum atomic E-state index is 10.2. The van der Waals surface area contributed by atoms with E-state index in [0.29, 0.717) is 44.1 Å². The number of nitrogens with zero attached hydrogens (tertiary/aromatic N) is 8. The normalized spacial score (nSPS) is 17.5. The Bertz CT molecular complexity index is 6520. The van der Waals surface area contributed by atoms with Crippen molar-refractivity contribution in [2.75, 3.05) is 19.6 Å². The van der Waals surface area contributed by atoms with Gasteiger partial charge in [-0.2, -0.15) is 0 Å². The molecule has 4 aliphatic rings. The van der Waals surface area contributed by atoms with Gasteiger partial charge in [0.1, 0.15) is 11.6 Å². The first kappa shape index (κ1) is 29.2. The van der Waals surface area contributed by atoms with Crippen LogP contribution in [-0.2, 0) is 0 Å². The average molecular weight is 1180 g/mol. The number of imidazole rings is 2. The Labute approximate surface area is 564 Å². The lowest BCUT2D eigenvalue weighted by molar-refractivity contribution is 1.10. The van der Waals surface area contributed by atoms with Crippen molar-refractivity contribution in [1.82, 2.24) is 19.1 Å². The van der Waals surface area contributed by atoms with Gasteiger partial charge in [-0.05, 0) is 148 Å². The van der Waals surface area contributed by atoms with Gasteiger partial charge in [0, 0.05) is 79.4 Å². The van der Waals surface area contributed by atoms with Crippen LogP contribution in [0.1, 0.15) is 41.1 Å². The fraction of sp³-hybridized carbons (Fsp3) is 0. The van der Waals surface area contributed by atoms with E-state index in [4.69, 9.17) is 18.2 Å². The Morgan fingerprint density at radius 1 is 0.300 bits per heavy atom. The number of anilines is 12. The molecule has 90 heavy (non-hydrogen) atoms. The quantitative estimate of drug-likeness (QED) is 0.127. The predicted octanol–water partition coefficient (Wildman–Crippen LogP) is 15.9. The molecule has 0 bridgehead atoms. The average Bonchev–Trinajstić information content (AvgIpc) is 1.19. The van der Waals surface area contributed by atoms with Crippen LogP contribution in [0.15, 0.2) is 315 Å². The minimum Gasteiger partial charge on any atom is -0.311 e. The zero-order valence-corrected chi connectivity index (χ0v) is 46.4. The summed E-state index contributed by atoms with van der Waals surface area (Å²) in [6, 6.07) is 11.0. The molecule has 0 amide bonds. The molecule has 6 heterocycles. The van der Waals surface area contributed by atoms with E-state index in [-0.39, 0.29) is 79.0 Å². The molecule has 0 aliphatic carbocycles. The summed E-state index contributed by atoms with van der Waals surface area (Å²) in [6.45, 7) is -2.32. The highest BCUT2D eigenvalue weighted by Crippen LogP contribution is 2.50. The van der Waals surface area contributed by atoms with E-state index < -0.39 is 229 Å². The highest BCUT2D eigenvalue weighted by atomic mass is 15.2. The fourth-order valence-corrected chi connectivity index (χ4v) is 13.6. The molecule has 418 valence electrons. The van der Waals surface area contributed by atoms with Crippen molar-refractivity contribution in [1.29, 1.82) is 0 Å². The third-order valence-corrected chi connectivity index (χ3v) is 16.9. The van der Waals surface area contributed by atoms with Crippen LogP contribution < -0.4 is 52.4 Å². The van der Waals surface area contributed by atoms with Crippen molar-refractivity contribution >= 4 is 137 Å². The molecule has 0 fully saturated rings. The van der Waals surface area contributed by atoms with E-state index in [1.807, 2.05) is 12.1 Å². The van der Waals surface area contributed by atoms with Gasteiger partial charge < -0.3 is 19.6 Å². The first-order valence-corrected chi connectivity index (χ1v) is 28.4. The van der Waals surface area contributed by atoms with Crippen LogP contribution in [0.4, 0.5) is 68.2 Å². The largest absolute Gasteiger partial charge is 0.311 e. The van der Waals surface area contributed by atoms with Gasteiger partial charge in [0.05, 0.1) is 74.6 Å². The van der Waals surface area contributed by atoms with Crippen LogP contribution in [0.25, 0.3) is 56.2 Å². The molecule has 0 N–H and O–H groups in total. The summed E-state index contributed by atoms with van der Waals surface area (Å²) in [7, 11) is 0. The van der Waals surface area contributed by atoms with E-state index in [1.54, 1.807) is 100 Å². The number of rotatable bonds is 10. The second-order valence-electron chi connectivity index (χ2n) is 21.5. The summed E-state index contributed by atoms with van der Waals surface area (Å²) in [4.78, 5) is 15.1. The molecule has 0 saturated heterocycles. The van der Waals surface area contributed by atoms with Crippen molar-refractivity contribution in [3.05, 3.63) is 315 Å². The Kier molecular flexibility index (Phi) is 6.44. The third-order valence-electron chi connectivity index (χ3n) is 16.9. The molecule has 0 spiro atoms. The molecular weight excluding hydrogens is 1090 g/mol. The molecule has 19 rings (SSSR count). The van der Waals surface area contributed by atoms with Gasteiger partial charge >= 0.3 is 0 Å². The topological polar surface area (TPSA) is 48.6 Å². The molecule has 0 saturated carbocycles. The standard InChI is InChI=1S/C80H52B2N8/c1-9-27-53(28-10-1)79-83-67-45-25-43-63-77(67)89(79)73-49-61(85(55-31-13-3-14-32-55)56-33-15-4-16-34-56)47-71-75(73)81(63)65-51-66-70(52-69(65)87(71)59-39-21-7-22-40-59)88(60-41-23-8-24-42-60)72-48-62(86(57-35-17-5-18-36-57)58-37-19-6-20-38-58)50-74-76(72)82(66)64-44-26-46-68-78(64)90(74)80(84-68)54-29-11-2-12-30-54/h1-52H/i3D,4D,5D,6D,7D,8D,13D,14D,15D,16D,17D,18D,19D,20D,21D,22D,23D,24D,31D,32D,33D,34D,35D,36D,37D,38D,39D,40D,41D,42D. The SMILES string of the molecule is [2H]c1c([2H])c([2H])c(N2c3cc4c(cc3B3c5c2cc(N(c2c([2H])c([2H])c([2H])c([2H])c2[2H])c2c([2H])c([2H])c([2H])c([2H])c2[2H])cc5-n2c(-c5ccccc5)nc5cccc3c52)B2c3c(cc(N(c5c([2H])c([2H])c([2H])c([2H])c5[2H])c5c([2H])c([2H])c([2H])c([2H])c5[2H])cc3-n3c(-c5ccccc5)nc5cccc2c53)N4c2c([2H])c([2H])c([2H])c([2H])c2[2H])c([2H])c1[2H]. The maximum absolute atomic E-state index is 10.2. The van der Waals surface area contributed by atoms with Crippen LogP contribution in [0.3, 0.4) is 0 Å². The zero-order valence-electron chi connectivity index (χ0n) is 76.4. The number of hydrogen-bond donors (Lipinski definition) is 0. The van der Waals surface area contributed by atoms with Crippen molar-refractivity contribution in [2.24, 2.45) is 0 Å². The highest BCUT2D eigenvalue weighted by molar-refractivity contribution is 7.03. The molecule has 13 aromatic carbocycles. The van der Waals surface area contributed by atoms with Crippen LogP contribution in [0.2, 0.25) is 0 Å². The van der Waals surface area contributed by atoms with Crippen LogP contribution in [0, 0.1) is 0 Å². The summed E-state index contributed by atoms with van der Waals surface area (Å²) < 4.78 is 287. The lowest BCUT2D eigenvalue weighted by Crippen LogP contribution is -2.64. The van der Waals surface area contributed by atoms with Gasteiger partial charge in [0.2, 0.25) is 0 Å². The number of aromatic nitrogens is 4. The number of para-hydroxylation sites is 8. The van der Waals surface area contributed by atoms with Gasteiger partial charge in [-0.1, -0.05) is 200 Å². The van der Waals surface area contributed by atoms with Crippen LogP contribution in [0.5, 0.6) is 0 Å². The van der Waals surface area contributed by atoms with E-state index in [9.17, 15) is 32.9 Å². The van der Waals surface area contributed by atoms with Crippen LogP contribution in [-0.4, -0.2) is 32.5 Å². The summed E-state index contributed by atoms with van der Waals surface area (Å²) in [5.74, 6) is 0.546. The van der Waals surface area contributed by atoms with Gasteiger partial charge in [-0.25, -0.2) is 9.97 Å². The third kappa shape index (κ3) is 7.45. The summed E-state index contributed by atoms with van der Waals surface area (Å²) in [5.41, 5.74) is -0.163. The molecule has 0 atom stereocenters. The lowest BCUT2D eigenvalue weighted by Gasteiger charge is -2.45. The number of benzene rings is 13. The van der Waals surface area contributed by atoms with E-state index in [0.717, 1.165) is 9.80 Å². The van der Waals surface area contributed by atoms with Crippen molar-refractivity contribution in [3.63, 3.8) is 0 Å². The Morgan fingerprint density at radius 3 is 1.01 bits per heavy atom. The summed E-state index contributed by atoms with van der Waals surface area (Å²) in [5, 5.41) is 0. The summed E-state index contributed by atoms with van der Waals surface area (Å²) in [6.07, 6.45) is 0. The second-order valence-corrected chi connectivity index (χ2v) is 21.5. The monoisotopic (exact) mass is 1180 g/mol. The minimum absolute atomic E-state index is 0.0965. The Hall–Kier alpha value is -11.9. The van der Waals surface area contributed by atoms with Crippen molar-refractivity contribution in [3.8, 4) is 34.2 Å². The number of hydrogen-bond acceptors (Lipinski definition) is 6. The molecule has 10 heteroatoms. The first-order valence-electron chi connectivity index (χ1n) is 43.4. The first-order chi connectivity index (χ1) is 57.1. The minimum atomic E-state index is -1.16. The lowest BCUT2D eigenvalue weighted by atomic mass is 9.30. The maximum Gasteiger partial charge on any atom is 0.252 e. The zero-order chi connectivity index (χ0) is 85.1. The van der Waals surface area contributed by atoms with Gasteiger partial charge in [0.25, 0.3) is 13.4 Å². The highest BCUT2D eigenvalue weighted by Gasteiger charge is 2.48. The Balaban J connectivity index is 1.03. The Morgan fingerprint density at radius 2 is 0.644 bits per heavy atom.